The minimum Gasteiger partial charge on any atom is -0.493 e. The Bertz CT molecular complexity index is 2630. The highest BCUT2D eigenvalue weighted by Crippen LogP contribution is 2.60. The van der Waals surface area contributed by atoms with Crippen molar-refractivity contribution in [3.63, 3.8) is 0 Å². The molecular formula is C70H94O3. The molecule has 73 heavy (non-hydrogen) atoms. The molecule has 1 saturated carbocycles. The molecule has 5 aliphatic rings. The number of rotatable bonds is 14. The van der Waals surface area contributed by atoms with Gasteiger partial charge < -0.3 is 14.2 Å². The first-order valence-electron chi connectivity index (χ1n) is 28.7. The van der Waals surface area contributed by atoms with Crippen molar-refractivity contribution in [2.75, 3.05) is 33.0 Å². The third-order valence-electron chi connectivity index (χ3n) is 18.3. The van der Waals surface area contributed by atoms with Gasteiger partial charge in [-0.15, -0.1) is 0 Å². The molecule has 0 N–H and O–H groups in total. The lowest BCUT2D eigenvalue weighted by Gasteiger charge is -2.39. The van der Waals surface area contributed by atoms with Crippen molar-refractivity contribution in [3.05, 3.63) is 166 Å². The van der Waals surface area contributed by atoms with Gasteiger partial charge in [0.15, 0.2) is 0 Å². The second kappa shape index (κ2) is 24.3. The average molecular weight is 984 g/mol. The molecule has 3 nitrogen and oxygen atoms in total. The van der Waals surface area contributed by atoms with Crippen LogP contribution in [0.1, 0.15) is 187 Å². The summed E-state index contributed by atoms with van der Waals surface area (Å²) in [6.07, 6.45) is 17.7. The molecular weight excluding hydrogens is 889 g/mol. The molecule has 2 heterocycles. The first kappa shape index (κ1) is 56.0. The van der Waals surface area contributed by atoms with E-state index in [2.05, 4.69) is 211 Å². The van der Waals surface area contributed by atoms with Crippen LogP contribution in [0.5, 0.6) is 5.75 Å². The highest BCUT2D eigenvalue weighted by molar-refractivity contribution is 5.89. The van der Waals surface area contributed by atoms with Gasteiger partial charge in [0.05, 0.1) is 38.4 Å². The van der Waals surface area contributed by atoms with E-state index in [1.165, 1.54) is 124 Å². The monoisotopic (exact) mass is 983 g/mol. The quantitative estimate of drug-likeness (QED) is 0.111. The first-order chi connectivity index (χ1) is 35.0. The standard InChI is InChI=1S/C47H46O2.C9H18.C8H18.C6H12O/c1-5-12-34-19-21-38(27-43(34)36-15-10-7-11-16-36)47(37-20-18-33(3)42(26-37)35-13-8-6-9-14-35)44-25-32(2)17-23-40(44)41-24-22-39(28-45(41)47)49-31-46(4)29-48-30-46;1-4-9(3)6-5-8(2)7-9;1-5-8(4,6-2)7-3;1-3-6(2)4-7-5-6/h6-11,13-17,19,21-28H,5,12,18,20,29-31H2,1-4H3;8H,4-7H2,1-3H3;5-7H2,1-4H3;3-5H2,1-2H3. The van der Waals surface area contributed by atoms with E-state index >= 15 is 0 Å². The Morgan fingerprint density at radius 3 is 1.70 bits per heavy atom. The first-order valence-corrected chi connectivity index (χ1v) is 28.7. The third-order valence-corrected chi connectivity index (χ3v) is 18.3. The number of benzene rings is 5. The summed E-state index contributed by atoms with van der Waals surface area (Å²) < 4.78 is 17.2. The van der Waals surface area contributed by atoms with Crippen LogP contribution in [0, 0.1) is 34.5 Å². The largest absolute Gasteiger partial charge is 0.493 e. The summed E-state index contributed by atoms with van der Waals surface area (Å²) in [5.41, 5.74) is 18.9. The molecule has 5 aromatic carbocycles. The highest BCUT2D eigenvalue weighted by Gasteiger charge is 2.48. The molecule has 3 heteroatoms. The van der Waals surface area contributed by atoms with Crippen LogP contribution >= 0.6 is 0 Å². The lowest BCUT2D eigenvalue weighted by atomic mass is 9.63. The Hall–Kier alpha value is -4.70. The van der Waals surface area contributed by atoms with E-state index < -0.39 is 5.41 Å². The minimum absolute atomic E-state index is 0.0642. The maximum absolute atomic E-state index is 6.62. The fraction of sp³-hybridized carbons (Fsp3) is 0.514. The Morgan fingerprint density at radius 1 is 0.616 bits per heavy atom. The van der Waals surface area contributed by atoms with Gasteiger partial charge in [-0.1, -0.05) is 229 Å². The van der Waals surface area contributed by atoms with E-state index in [1.54, 1.807) is 0 Å². The number of hydrogen-bond donors (Lipinski definition) is 0. The number of ether oxygens (including phenoxy) is 3. The van der Waals surface area contributed by atoms with Crippen molar-refractivity contribution in [1.29, 1.82) is 0 Å². The van der Waals surface area contributed by atoms with Gasteiger partial charge in [0.25, 0.3) is 0 Å². The predicted molar refractivity (Wildman–Crippen MR) is 313 cm³/mol. The third kappa shape index (κ3) is 12.7. The zero-order chi connectivity index (χ0) is 52.4. The molecule has 0 aromatic heterocycles. The molecule has 3 fully saturated rings. The summed E-state index contributed by atoms with van der Waals surface area (Å²) in [6.45, 7) is 33.9. The van der Waals surface area contributed by atoms with Crippen molar-refractivity contribution in [2.45, 2.75) is 172 Å². The van der Waals surface area contributed by atoms with Crippen LogP contribution in [0.25, 0.3) is 27.8 Å². The molecule has 392 valence electrons. The summed E-state index contributed by atoms with van der Waals surface area (Å²) in [5, 5.41) is 0. The van der Waals surface area contributed by atoms with Crippen LogP contribution in [0.15, 0.2) is 132 Å². The van der Waals surface area contributed by atoms with E-state index in [4.69, 9.17) is 14.2 Å². The fourth-order valence-electron chi connectivity index (χ4n) is 11.8. The molecule has 5 aromatic rings. The zero-order valence-corrected chi connectivity index (χ0v) is 47.9. The van der Waals surface area contributed by atoms with Crippen molar-refractivity contribution >= 4 is 5.57 Å². The summed E-state index contributed by atoms with van der Waals surface area (Å²) in [6, 6.07) is 43.2. The molecule has 3 aliphatic carbocycles. The van der Waals surface area contributed by atoms with E-state index in [9.17, 15) is 0 Å². The normalized spacial score (nSPS) is 22.1. The van der Waals surface area contributed by atoms with Gasteiger partial charge in [-0.25, -0.2) is 0 Å². The van der Waals surface area contributed by atoms with E-state index in [1.807, 2.05) is 0 Å². The van der Waals surface area contributed by atoms with Gasteiger partial charge >= 0.3 is 0 Å². The number of hydrogen-bond acceptors (Lipinski definition) is 3. The fourth-order valence-corrected chi connectivity index (χ4v) is 11.8. The second-order valence-corrected chi connectivity index (χ2v) is 24.4. The van der Waals surface area contributed by atoms with Crippen molar-refractivity contribution in [3.8, 4) is 28.0 Å². The molecule has 3 atom stereocenters. The van der Waals surface area contributed by atoms with Gasteiger partial charge in [-0.3, -0.25) is 0 Å². The Morgan fingerprint density at radius 2 is 1.21 bits per heavy atom. The Labute approximate surface area is 444 Å². The minimum atomic E-state index is -0.478. The smallest absolute Gasteiger partial charge is 0.119 e. The number of fused-ring (bicyclic) bond motifs is 3. The molecule has 2 aliphatic heterocycles. The van der Waals surface area contributed by atoms with Crippen LogP contribution < -0.4 is 4.74 Å². The topological polar surface area (TPSA) is 27.7 Å². The molecule has 0 radical (unpaired) electrons. The summed E-state index contributed by atoms with van der Waals surface area (Å²) in [5.74, 6) is 1.92. The van der Waals surface area contributed by atoms with Gasteiger partial charge in [-0.05, 0) is 149 Å². The summed E-state index contributed by atoms with van der Waals surface area (Å²) in [7, 11) is 0. The summed E-state index contributed by atoms with van der Waals surface area (Å²) in [4.78, 5) is 0. The SMILES string of the molecule is CCC(C)(CC)CC.CCC1(C)CCC(C)C1.CCC1(C)COC1.CCCc1ccc(C2(C3=CC(c4ccccc4)=C(C)CC3)c3cc(C)ccc3-c3ccc(OCC4(C)COC4)cc32)cc1-c1ccccc1. The Kier molecular flexibility index (Phi) is 18.7. The van der Waals surface area contributed by atoms with Gasteiger partial charge in [-0.2, -0.15) is 0 Å². The van der Waals surface area contributed by atoms with E-state index in [-0.39, 0.29) is 5.41 Å². The zero-order valence-electron chi connectivity index (χ0n) is 47.9. The van der Waals surface area contributed by atoms with Crippen LogP contribution in [0.2, 0.25) is 0 Å². The summed E-state index contributed by atoms with van der Waals surface area (Å²) >= 11 is 0. The molecule has 2 saturated heterocycles. The van der Waals surface area contributed by atoms with Gasteiger partial charge in [0, 0.05) is 10.8 Å². The van der Waals surface area contributed by atoms with Crippen molar-refractivity contribution < 1.29 is 14.2 Å². The maximum atomic E-state index is 6.62. The lowest BCUT2D eigenvalue weighted by Crippen LogP contribution is -2.44. The van der Waals surface area contributed by atoms with Crippen LogP contribution in [0.3, 0.4) is 0 Å². The second-order valence-electron chi connectivity index (χ2n) is 24.4. The van der Waals surface area contributed by atoms with E-state index in [0.29, 0.717) is 22.9 Å². The number of allylic oxidation sites excluding steroid dienone is 4. The predicted octanol–water partition coefficient (Wildman–Crippen LogP) is 19.4. The van der Waals surface area contributed by atoms with Gasteiger partial charge in [0.2, 0.25) is 0 Å². The lowest BCUT2D eigenvalue weighted by molar-refractivity contribution is -0.120. The Balaban J connectivity index is 0.000000265. The van der Waals surface area contributed by atoms with Crippen LogP contribution in [-0.2, 0) is 21.3 Å². The van der Waals surface area contributed by atoms with E-state index in [0.717, 1.165) is 63.8 Å². The molecule has 10 rings (SSSR count). The van der Waals surface area contributed by atoms with Crippen LogP contribution in [0.4, 0.5) is 0 Å². The average Bonchev–Trinajstić information content (AvgIpc) is 3.90. The maximum Gasteiger partial charge on any atom is 0.119 e. The highest BCUT2D eigenvalue weighted by atomic mass is 16.5. The molecule has 0 spiro atoms. The molecule has 0 amide bonds. The number of aryl methyl sites for hydroxylation is 2. The van der Waals surface area contributed by atoms with Crippen molar-refractivity contribution in [2.24, 2.45) is 27.6 Å². The molecule has 0 bridgehead atoms. The van der Waals surface area contributed by atoms with Crippen LogP contribution in [-0.4, -0.2) is 33.0 Å². The van der Waals surface area contributed by atoms with Gasteiger partial charge in [0.1, 0.15) is 5.75 Å². The molecule has 3 unspecified atom stereocenters. The van der Waals surface area contributed by atoms with Crippen molar-refractivity contribution in [1.82, 2.24) is 0 Å².